The van der Waals surface area contributed by atoms with Gasteiger partial charge in [-0.15, -0.1) is 0 Å². The summed E-state index contributed by atoms with van der Waals surface area (Å²) in [5, 5.41) is 25.2. The molecule has 2 aliphatic rings. The molecule has 106 valence electrons. The van der Waals surface area contributed by atoms with Crippen LogP contribution in [0, 0.1) is 0 Å². The lowest BCUT2D eigenvalue weighted by Gasteiger charge is -2.30. The molecule has 1 fully saturated rings. The molecule has 0 aliphatic carbocycles. The molecule has 5 nitrogen and oxygen atoms in total. The van der Waals surface area contributed by atoms with Gasteiger partial charge in [0.2, 0.25) is 0 Å². The number of nitrogens with one attached hydrogen (secondary N) is 1. The monoisotopic (exact) mass is 266 g/mol. The first-order valence-electron chi connectivity index (χ1n) is 6.80. The van der Waals surface area contributed by atoms with Crippen molar-refractivity contribution in [2.45, 2.75) is 44.5 Å². The second-order valence-corrected chi connectivity index (χ2v) is 5.10. The van der Waals surface area contributed by atoms with Crippen molar-refractivity contribution in [2.75, 3.05) is 13.1 Å². The van der Waals surface area contributed by atoms with Crippen molar-refractivity contribution >= 4 is 5.71 Å². The molecular weight excluding hydrogens is 244 g/mol. The summed E-state index contributed by atoms with van der Waals surface area (Å²) in [6.07, 6.45) is 7.32. The number of aliphatic hydroxyl groups excluding tert-OH is 1. The number of hydrogen-bond donors (Lipinski definition) is 3. The average molecular weight is 266 g/mol. The van der Waals surface area contributed by atoms with Crippen LogP contribution in [0.2, 0.25) is 0 Å². The van der Waals surface area contributed by atoms with Crippen molar-refractivity contribution in [1.82, 2.24) is 5.32 Å². The van der Waals surface area contributed by atoms with Gasteiger partial charge in [-0.25, -0.2) is 0 Å². The van der Waals surface area contributed by atoms with Crippen LogP contribution in [0.1, 0.15) is 32.6 Å². The third-order valence-electron chi connectivity index (χ3n) is 3.64. The summed E-state index contributed by atoms with van der Waals surface area (Å²) in [6.45, 7) is 3.89. The standard InChI is InChI=1S/C14H22N2O3/c1-2-11(4-3-5-13(17)18)12-10-14(19-16-12)6-8-15-9-7-14/h2-4,13,15,17-18H,5-10H2,1H3/b4-3-,11-2+. The number of allylic oxidation sites excluding steroid dienone is 3. The minimum absolute atomic E-state index is 0.126. The Kier molecular flexibility index (Phi) is 4.74. The van der Waals surface area contributed by atoms with Crippen molar-refractivity contribution in [1.29, 1.82) is 0 Å². The van der Waals surface area contributed by atoms with E-state index >= 15 is 0 Å². The number of piperidine rings is 1. The summed E-state index contributed by atoms with van der Waals surface area (Å²) < 4.78 is 0. The van der Waals surface area contributed by atoms with E-state index in [1.807, 2.05) is 19.1 Å². The minimum Gasteiger partial charge on any atom is -0.388 e. The van der Waals surface area contributed by atoms with Crippen LogP contribution in [-0.2, 0) is 4.84 Å². The van der Waals surface area contributed by atoms with E-state index in [1.165, 1.54) is 0 Å². The Labute approximate surface area is 113 Å². The van der Waals surface area contributed by atoms with Crippen LogP contribution < -0.4 is 5.32 Å². The fourth-order valence-corrected chi connectivity index (χ4v) is 2.50. The summed E-state index contributed by atoms with van der Waals surface area (Å²) in [4.78, 5) is 5.68. The molecule has 19 heavy (non-hydrogen) atoms. The maximum absolute atomic E-state index is 8.82. The van der Waals surface area contributed by atoms with Crippen LogP contribution >= 0.6 is 0 Å². The summed E-state index contributed by atoms with van der Waals surface area (Å²) in [5.74, 6) is 0. The van der Waals surface area contributed by atoms with Crippen LogP contribution in [-0.4, -0.2) is 40.9 Å². The van der Waals surface area contributed by atoms with Gasteiger partial charge in [0.05, 0.1) is 5.71 Å². The zero-order chi connectivity index (χ0) is 13.7. The number of aliphatic hydroxyl groups is 2. The molecule has 0 bridgehead atoms. The Balaban J connectivity index is 1.96. The van der Waals surface area contributed by atoms with E-state index in [0.29, 0.717) is 0 Å². The van der Waals surface area contributed by atoms with E-state index in [0.717, 1.165) is 43.6 Å². The third-order valence-corrected chi connectivity index (χ3v) is 3.64. The van der Waals surface area contributed by atoms with Crippen LogP contribution in [0.15, 0.2) is 29.0 Å². The number of rotatable bonds is 4. The molecule has 0 aromatic rings. The Morgan fingerprint density at radius 2 is 2.21 bits per heavy atom. The van der Waals surface area contributed by atoms with Crippen molar-refractivity contribution in [2.24, 2.45) is 5.16 Å². The van der Waals surface area contributed by atoms with E-state index < -0.39 is 6.29 Å². The van der Waals surface area contributed by atoms with Gasteiger partial charge in [-0.2, -0.15) is 0 Å². The molecule has 0 unspecified atom stereocenters. The summed E-state index contributed by atoms with van der Waals surface area (Å²) in [6, 6.07) is 0. The van der Waals surface area contributed by atoms with Crippen molar-refractivity contribution < 1.29 is 15.1 Å². The van der Waals surface area contributed by atoms with Gasteiger partial charge in [-0.1, -0.05) is 23.4 Å². The van der Waals surface area contributed by atoms with Gasteiger partial charge < -0.3 is 20.4 Å². The van der Waals surface area contributed by atoms with E-state index in [1.54, 1.807) is 6.08 Å². The topological polar surface area (TPSA) is 74.1 Å². The predicted molar refractivity (Wildman–Crippen MR) is 73.7 cm³/mol. The molecule has 0 atom stereocenters. The first-order valence-corrected chi connectivity index (χ1v) is 6.80. The van der Waals surface area contributed by atoms with Gasteiger partial charge in [0, 0.05) is 25.7 Å². The van der Waals surface area contributed by atoms with Gasteiger partial charge in [-0.3, -0.25) is 0 Å². The van der Waals surface area contributed by atoms with Gasteiger partial charge in [0.25, 0.3) is 0 Å². The van der Waals surface area contributed by atoms with E-state index in [9.17, 15) is 0 Å². The minimum atomic E-state index is -1.30. The van der Waals surface area contributed by atoms with E-state index in [2.05, 4.69) is 10.5 Å². The van der Waals surface area contributed by atoms with Gasteiger partial charge in [0.1, 0.15) is 5.60 Å². The van der Waals surface area contributed by atoms with Gasteiger partial charge >= 0.3 is 0 Å². The zero-order valence-corrected chi connectivity index (χ0v) is 11.3. The van der Waals surface area contributed by atoms with Crippen molar-refractivity contribution in [3.8, 4) is 0 Å². The molecule has 0 radical (unpaired) electrons. The summed E-state index contributed by atoms with van der Waals surface area (Å²) in [7, 11) is 0. The number of hydrogen-bond acceptors (Lipinski definition) is 5. The first-order chi connectivity index (χ1) is 9.15. The molecule has 1 spiro atoms. The largest absolute Gasteiger partial charge is 0.388 e. The first kappa shape index (κ1) is 14.2. The lowest BCUT2D eigenvalue weighted by molar-refractivity contribution is -0.0400. The van der Waals surface area contributed by atoms with Crippen molar-refractivity contribution in [3.63, 3.8) is 0 Å². The van der Waals surface area contributed by atoms with Crippen LogP contribution in [0.4, 0.5) is 0 Å². The highest BCUT2D eigenvalue weighted by Gasteiger charge is 2.40. The SMILES string of the molecule is C/C=C(\C=C/CC(O)O)C1=NOC2(CCNCC2)C1. The highest BCUT2D eigenvalue weighted by Crippen LogP contribution is 2.34. The van der Waals surface area contributed by atoms with Gasteiger partial charge in [-0.05, 0) is 25.6 Å². The summed E-state index contributed by atoms with van der Waals surface area (Å²) >= 11 is 0. The third kappa shape index (κ3) is 3.65. The quantitative estimate of drug-likeness (QED) is 0.526. The summed E-state index contributed by atoms with van der Waals surface area (Å²) in [5.41, 5.74) is 1.82. The highest BCUT2D eigenvalue weighted by molar-refractivity contribution is 6.03. The fraction of sp³-hybridized carbons (Fsp3) is 0.643. The molecule has 2 heterocycles. The predicted octanol–water partition coefficient (Wildman–Crippen LogP) is 1.09. The van der Waals surface area contributed by atoms with Crippen LogP contribution in [0.5, 0.6) is 0 Å². The fourth-order valence-electron chi connectivity index (χ4n) is 2.50. The molecule has 3 N–H and O–H groups in total. The maximum atomic E-state index is 8.82. The molecule has 0 saturated carbocycles. The lowest BCUT2D eigenvalue weighted by atomic mass is 9.86. The molecule has 2 rings (SSSR count). The Morgan fingerprint density at radius 3 is 2.84 bits per heavy atom. The molecule has 0 aromatic heterocycles. The zero-order valence-electron chi connectivity index (χ0n) is 11.3. The number of oxime groups is 1. The molecular formula is C14H22N2O3. The highest BCUT2D eigenvalue weighted by atomic mass is 16.7. The normalized spacial score (nSPS) is 23.2. The molecule has 0 amide bonds. The Hall–Kier alpha value is -1.17. The Morgan fingerprint density at radius 1 is 1.47 bits per heavy atom. The van der Waals surface area contributed by atoms with E-state index in [4.69, 9.17) is 15.1 Å². The van der Waals surface area contributed by atoms with Gasteiger partial charge in [0.15, 0.2) is 6.29 Å². The second-order valence-electron chi connectivity index (χ2n) is 5.10. The maximum Gasteiger partial charge on any atom is 0.154 e. The number of nitrogens with zero attached hydrogens (tertiary/aromatic N) is 1. The van der Waals surface area contributed by atoms with Crippen LogP contribution in [0.3, 0.4) is 0 Å². The smallest absolute Gasteiger partial charge is 0.154 e. The van der Waals surface area contributed by atoms with Crippen LogP contribution in [0.25, 0.3) is 0 Å². The second kappa shape index (κ2) is 6.32. The lowest BCUT2D eigenvalue weighted by Crippen LogP contribution is -2.42. The molecule has 5 heteroatoms. The van der Waals surface area contributed by atoms with E-state index in [-0.39, 0.29) is 12.0 Å². The molecule has 1 saturated heterocycles. The van der Waals surface area contributed by atoms with Crippen molar-refractivity contribution in [3.05, 3.63) is 23.8 Å². The molecule has 2 aliphatic heterocycles. The average Bonchev–Trinajstić information content (AvgIpc) is 2.79. The Bertz CT molecular complexity index is 393. The molecule has 0 aromatic carbocycles.